The third kappa shape index (κ3) is 5.74. The summed E-state index contributed by atoms with van der Waals surface area (Å²) in [7, 11) is -7.35. The maximum absolute atomic E-state index is 14.6. The molecule has 8 nitrogen and oxygen atoms in total. The lowest BCUT2D eigenvalue weighted by Crippen LogP contribution is -2.14. The standard InChI is InChI=1S/C20H17FN4O4S4/c1-32(26,27)16-5-2-13(3-6-16)10-15-12-31-20(24-15)23-14-4-7-18(17(21)11-14)33(28,29)25-19-22-8-9-30-19/h2-9,11-12H,10H2,1H3,(H,22,25)(H,23,24). The van der Waals surface area contributed by atoms with Gasteiger partial charge in [0.1, 0.15) is 10.7 Å². The van der Waals surface area contributed by atoms with Gasteiger partial charge in [0, 0.05) is 35.3 Å². The Labute approximate surface area is 198 Å². The minimum Gasteiger partial charge on any atom is -0.331 e. The first-order valence-electron chi connectivity index (χ1n) is 9.32. The Morgan fingerprint density at radius 3 is 2.39 bits per heavy atom. The highest BCUT2D eigenvalue weighted by molar-refractivity contribution is 7.93. The molecule has 4 aromatic rings. The molecule has 2 aromatic heterocycles. The van der Waals surface area contributed by atoms with E-state index in [2.05, 4.69) is 20.0 Å². The minimum absolute atomic E-state index is 0.151. The Bertz CT molecular complexity index is 1480. The topological polar surface area (TPSA) is 118 Å². The SMILES string of the molecule is CS(=O)(=O)c1ccc(Cc2csc(Nc3ccc(S(=O)(=O)Nc4nccs4)c(F)c3)n2)cc1. The number of thiazole rings is 2. The van der Waals surface area contributed by atoms with Crippen LogP contribution in [0, 0.1) is 5.82 Å². The fourth-order valence-corrected chi connectivity index (χ4v) is 6.08. The zero-order valence-corrected chi connectivity index (χ0v) is 20.3. The van der Waals surface area contributed by atoms with Crippen LogP contribution < -0.4 is 10.0 Å². The van der Waals surface area contributed by atoms with E-state index < -0.39 is 30.6 Å². The fourth-order valence-electron chi connectivity index (χ4n) is 2.87. The number of sulfone groups is 1. The quantitative estimate of drug-likeness (QED) is 0.353. The highest BCUT2D eigenvalue weighted by Gasteiger charge is 2.20. The van der Waals surface area contributed by atoms with Gasteiger partial charge in [-0.3, -0.25) is 4.72 Å². The van der Waals surface area contributed by atoms with Crippen molar-refractivity contribution in [2.45, 2.75) is 16.2 Å². The number of rotatable bonds is 8. The summed E-state index contributed by atoms with van der Waals surface area (Å²) in [6.45, 7) is 0. The molecule has 2 heterocycles. The minimum atomic E-state index is -4.10. The van der Waals surface area contributed by atoms with Crippen LogP contribution in [0.4, 0.5) is 20.3 Å². The maximum Gasteiger partial charge on any atom is 0.266 e. The molecule has 0 atom stereocenters. The molecule has 0 bridgehead atoms. The monoisotopic (exact) mass is 524 g/mol. The number of sulfonamides is 1. The van der Waals surface area contributed by atoms with E-state index in [1.165, 1.54) is 29.7 Å². The lowest BCUT2D eigenvalue weighted by Gasteiger charge is -2.08. The van der Waals surface area contributed by atoms with E-state index in [4.69, 9.17) is 0 Å². The van der Waals surface area contributed by atoms with Crippen LogP contribution in [-0.4, -0.2) is 33.1 Å². The van der Waals surface area contributed by atoms with Gasteiger partial charge in [0.05, 0.1) is 10.6 Å². The van der Waals surface area contributed by atoms with Gasteiger partial charge in [-0.1, -0.05) is 12.1 Å². The smallest absolute Gasteiger partial charge is 0.266 e. The van der Waals surface area contributed by atoms with Crippen LogP contribution in [-0.2, 0) is 26.3 Å². The van der Waals surface area contributed by atoms with Gasteiger partial charge in [-0.05, 0) is 35.9 Å². The summed E-state index contributed by atoms with van der Waals surface area (Å²) < 4.78 is 64.7. The Morgan fingerprint density at radius 2 is 1.76 bits per heavy atom. The van der Waals surface area contributed by atoms with E-state index in [0.717, 1.165) is 34.9 Å². The van der Waals surface area contributed by atoms with Gasteiger partial charge in [0.25, 0.3) is 10.0 Å². The number of nitrogens with one attached hydrogen (secondary N) is 2. The van der Waals surface area contributed by atoms with Crippen molar-refractivity contribution < 1.29 is 21.2 Å². The van der Waals surface area contributed by atoms with Gasteiger partial charge < -0.3 is 5.32 Å². The second-order valence-electron chi connectivity index (χ2n) is 6.95. The summed E-state index contributed by atoms with van der Waals surface area (Å²) in [5, 5.41) is 7.06. The first-order chi connectivity index (χ1) is 15.6. The average molecular weight is 525 g/mol. The Balaban J connectivity index is 1.44. The molecular weight excluding hydrogens is 508 g/mol. The molecule has 0 saturated carbocycles. The van der Waals surface area contributed by atoms with Crippen molar-refractivity contribution >= 4 is 58.5 Å². The molecule has 0 fully saturated rings. The highest BCUT2D eigenvalue weighted by Crippen LogP contribution is 2.26. The van der Waals surface area contributed by atoms with Crippen LogP contribution >= 0.6 is 22.7 Å². The van der Waals surface area contributed by atoms with Gasteiger partial charge in [-0.15, -0.1) is 22.7 Å². The first-order valence-corrected chi connectivity index (χ1v) is 14.5. The highest BCUT2D eigenvalue weighted by atomic mass is 32.2. The number of hydrogen-bond donors (Lipinski definition) is 2. The van der Waals surface area contributed by atoms with Crippen molar-refractivity contribution in [3.05, 3.63) is 76.5 Å². The molecule has 172 valence electrons. The molecule has 4 rings (SSSR count). The molecule has 0 spiro atoms. The molecule has 0 radical (unpaired) electrons. The lowest BCUT2D eigenvalue weighted by atomic mass is 10.1. The van der Waals surface area contributed by atoms with Crippen LogP contribution in [0.15, 0.2) is 69.2 Å². The molecule has 0 aliphatic rings. The van der Waals surface area contributed by atoms with Gasteiger partial charge in [-0.2, -0.15) is 0 Å². The van der Waals surface area contributed by atoms with Gasteiger partial charge in [-0.25, -0.2) is 31.2 Å². The second kappa shape index (κ2) is 9.17. The van der Waals surface area contributed by atoms with Crippen molar-refractivity contribution in [3.8, 4) is 0 Å². The number of halogens is 1. The Hall–Kier alpha value is -2.87. The largest absolute Gasteiger partial charge is 0.331 e. The van der Waals surface area contributed by atoms with E-state index in [-0.39, 0.29) is 10.0 Å². The fraction of sp³-hybridized carbons (Fsp3) is 0.100. The first kappa shape index (κ1) is 23.3. The third-order valence-electron chi connectivity index (χ3n) is 4.42. The van der Waals surface area contributed by atoms with E-state index in [1.54, 1.807) is 29.6 Å². The van der Waals surface area contributed by atoms with E-state index in [9.17, 15) is 21.2 Å². The van der Waals surface area contributed by atoms with Crippen LogP contribution in [0.5, 0.6) is 0 Å². The number of hydrogen-bond acceptors (Lipinski definition) is 9. The molecule has 0 saturated heterocycles. The molecule has 0 aliphatic heterocycles. The number of anilines is 3. The zero-order chi connectivity index (χ0) is 23.6. The van der Waals surface area contributed by atoms with Gasteiger partial charge in [0.15, 0.2) is 20.1 Å². The van der Waals surface area contributed by atoms with Crippen molar-refractivity contribution in [1.82, 2.24) is 9.97 Å². The predicted molar refractivity (Wildman–Crippen MR) is 127 cm³/mol. The Morgan fingerprint density at radius 1 is 1.00 bits per heavy atom. The molecule has 33 heavy (non-hydrogen) atoms. The van der Waals surface area contributed by atoms with Crippen molar-refractivity contribution in [2.75, 3.05) is 16.3 Å². The molecular formula is C20H17FN4O4S4. The molecule has 0 amide bonds. The van der Waals surface area contributed by atoms with Crippen molar-refractivity contribution in [2.24, 2.45) is 0 Å². The van der Waals surface area contributed by atoms with E-state index >= 15 is 0 Å². The molecule has 2 aromatic carbocycles. The zero-order valence-electron chi connectivity index (χ0n) is 17.0. The Kier molecular flexibility index (Phi) is 6.47. The summed E-state index contributed by atoms with van der Waals surface area (Å²) in [6.07, 6.45) is 3.09. The average Bonchev–Trinajstić information content (AvgIpc) is 3.39. The van der Waals surface area contributed by atoms with E-state index in [1.807, 2.05) is 5.38 Å². The normalized spacial score (nSPS) is 11.9. The third-order valence-corrected chi connectivity index (χ3v) is 8.54. The van der Waals surface area contributed by atoms with Crippen LogP contribution in [0.1, 0.15) is 11.3 Å². The number of benzene rings is 2. The molecule has 2 N–H and O–H groups in total. The predicted octanol–water partition coefficient (Wildman–Crippen LogP) is 4.28. The van der Waals surface area contributed by atoms with Crippen LogP contribution in [0.25, 0.3) is 0 Å². The van der Waals surface area contributed by atoms with Gasteiger partial charge in [0.2, 0.25) is 0 Å². The van der Waals surface area contributed by atoms with Crippen molar-refractivity contribution in [1.29, 1.82) is 0 Å². The van der Waals surface area contributed by atoms with Crippen LogP contribution in [0.3, 0.4) is 0 Å². The summed E-state index contributed by atoms with van der Waals surface area (Å²) in [5.74, 6) is -0.910. The second-order valence-corrected chi connectivity index (χ2v) is 12.4. The summed E-state index contributed by atoms with van der Waals surface area (Å²) in [6, 6.07) is 10.3. The number of aromatic nitrogens is 2. The summed E-state index contributed by atoms with van der Waals surface area (Å²) in [5.41, 5.74) is 1.99. The molecule has 0 unspecified atom stereocenters. The van der Waals surface area contributed by atoms with Crippen LogP contribution in [0.2, 0.25) is 0 Å². The summed E-state index contributed by atoms with van der Waals surface area (Å²) >= 11 is 2.40. The summed E-state index contributed by atoms with van der Waals surface area (Å²) in [4.78, 5) is 8.05. The molecule has 0 aliphatic carbocycles. The molecule has 13 heteroatoms. The van der Waals surface area contributed by atoms with E-state index in [0.29, 0.717) is 17.2 Å². The van der Waals surface area contributed by atoms with Gasteiger partial charge >= 0.3 is 0 Å². The lowest BCUT2D eigenvalue weighted by molar-refractivity contribution is 0.570. The number of nitrogens with zero attached hydrogens (tertiary/aromatic N) is 2. The van der Waals surface area contributed by atoms with Crippen molar-refractivity contribution in [3.63, 3.8) is 0 Å². The maximum atomic E-state index is 14.6.